The Hall–Kier alpha value is -1.76. The maximum Gasteiger partial charge on any atom is 2.00 e. The molecule has 7 heteroatoms. The Morgan fingerprint density at radius 3 is 1.40 bits per heavy atom. The number of phenols is 1. The summed E-state index contributed by atoms with van der Waals surface area (Å²) in [5, 5.41) is 40.6. The van der Waals surface area contributed by atoms with Crippen LogP contribution in [0.3, 0.4) is 0 Å². The zero-order valence-electron chi connectivity index (χ0n) is 26.8. The van der Waals surface area contributed by atoms with Gasteiger partial charge in [-0.2, -0.15) is 0 Å². The van der Waals surface area contributed by atoms with Crippen LogP contribution in [0.15, 0.2) is 36.4 Å². The van der Waals surface area contributed by atoms with Gasteiger partial charge in [-0.15, -0.1) is 5.75 Å². The molecule has 2 N–H and O–H groups in total. The van der Waals surface area contributed by atoms with E-state index in [1.54, 1.807) is 18.2 Å². The molecule has 0 aromatic heterocycles. The van der Waals surface area contributed by atoms with E-state index in [9.17, 15) is 24.9 Å². The van der Waals surface area contributed by atoms with Gasteiger partial charge in [0.2, 0.25) is 0 Å². The van der Waals surface area contributed by atoms with Gasteiger partial charge in [0.1, 0.15) is 5.75 Å². The van der Waals surface area contributed by atoms with Gasteiger partial charge >= 0.3 is 43.7 Å². The van der Waals surface area contributed by atoms with Gasteiger partial charge in [0.25, 0.3) is 0 Å². The molecule has 0 aliphatic rings. The van der Waals surface area contributed by atoms with E-state index in [0.717, 1.165) is 49.3 Å². The topological polar surface area (TPSA) is 121 Å². The van der Waals surface area contributed by atoms with Gasteiger partial charge in [0, 0.05) is 0 Å². The summed E-state index contributed by atoms with van der Waals surface area (Å²) >= 11 is 0. The second kappa shape index (κ2) is 26.6. The number of unbranched alkanes of at least 4 members (excludes halogenated alkanes) is 16. The molecule has 43 heavy (non-hydrogen) atoms. The Bertz CT molecular complexity index is 941. The Morgan fingerprint density at radius 1 is 0.581 bits per heavy atom. The fraction of sp³-hybridized carbons (Fsp3) is 0.611. The van der Waals surface area contributed by atoms with Gasteiger partial charge in [-0.3, -0.25) is 0 Å². The predicted octanol–water partition coefficient (Wildman–Crippen LogP) is 7.98. The van der Waals surface area contributed by atoms with Crippen molar-refractivity contribution in [2.45, 2.75) is 142 Å². The summed E-state index contributed by atoms with van der Waals surface area (Å²) in [5.74, 6) is -2.47. The molecule has 2 aromatic rings. The van der Waals surface area contributed by atoms with Crippen molar-refractivity contribution in [1.82, 2.24) is 0 Å². The zero-order chi connectivity index (χ0) is 31.0. The first-order valence-electron chi connectivity index (χ1n) is 16.3. The average molecular weight is 623 g/mol. The molecule has 0 fully saturated rings. The summed E-state index contributed by atoms with van der Waals surface area (Å²) in [6, 6.07) is 8.82. The van der Waals surface area contributed by atoms with Gasteiger partial charge < -0.3 is 25.2 Å². The van der Waals surface area contributed by atoms with Crippen molar-refractivity contribution in [2.75, 3.05) is 0 Å². The van der Waals surface area contributed by atoms with E-state index >= 15 is 0 Å². The van der Waals surface area contributed by atoms with E-state index in [4.69, 9.17) is 5.11 Å². The summed E-state index contributed by atoms with van der Waals surface area (Å²) in [6.45, 7) is 4.46. The largest absolute Gasteiger partial charge is 2.00 e. The number of hydrogen-bond donors (Lipinski definition) is 2. The molecule has 0 aliphatic heterocycles. The van der Waals surface area contributed by atoms with Crippen LogP contribution in [-0.2, 0) is 12.8 Å². The molecule has 0 atom stereocenters. The maximum atomic E-state index is 11.4. The molecule has 6 nitrogen and oxygen atoms in total. The van der Waals surface area contributed by atoms with Crippen LogP contribution in [0.2, 0.25) is 0 Å². The molecular weight excluding hydrogens is 568 g/mol. The number of rotatable bonds is 22. The van der Waals surface area contributed by atoms with Crippen LogP contribution in [0.25, 0.3) is 0 Å². The monoisotopic (exact) mass is 622 g/mol. The van der Waals surface area contributed by atoms with Crippen molar-refractivity contribution in [1.29, 1.82) is 0 Å². The van der Waals surface area contributed by atoms with E-state index in [2.05, 4.69) is 13.8 Å². The van der Waals surface area contributed by atoms with Crippen molar-refractivity contribution in [2.24, 2.45) is 0 Å². The average Bonchev–Trinajstić information content (AvgIpc) is 2.95. The smallest absolute Gasteiger partial charge is 0.872 e. The fourth-order valence-corrected chi connectivity index (χ4v) is 5.14. The van der Waals surface area contributed by atoms with Gasteiger partial charge in [-0.05, 0) is 66.6 Å². The number of carboxylic acid groups (broad SMARTS) is 2. The third-order valence-corrected chi connectivity index (χ3v) is 7.56. The number of aryl methyl sites for hydroxylation is 2. The molecule has 0 spiro atoms. The molecule has 0 unspecified atom stereocenters. The maximum absolute atomic E-state index is 11.4. The summed E-state index contributed by atoms with van der Waals surface area (Å²) < 4.78 is 0. The number of benzene rings is 2. The second-order valence-corrected chi connectivity index (χ2v) is 11.5. The van der Waals surface area contributed by atoms with Gasteiger partial charge in [0.15, 0.2) is 0 Å². The minimum Gasteiger partial charge on any atom is -0.872 e. The molecule has 2 rings (SSSR count). The van der Waals surface area contributed by atoms with Crippen LogP contribution >= 0.6 is 0 Å². The number of carbonyl (C=O) groups excluding carboxylic acids is 1. The SMILES string of the molecule is CCCCCCCCCCCc1cc(O)cc(C(=O)O)c1.CCCCCCCCCCCc1cc([O-])cc(C(=O)[O-])c1.[Ca+2]. The van der Waals surface area contributed by atoms with Crippen LogP contribution in [0, 0.1) is 0 Å². The Labute approximate surface area is 290 Å². The zero-order valence-corrected chi connectivity index (χ0v) is 29.0. The molecule has 0 heterocycles. The van der Waals surface area contributed by atoms with Crippen molar-refractivity contribution >= 4 is 49.7 Å². The van der Waals surface area contributed by atoms with Crippen LogP contribution in [-0.4, -0.2) is 59.9 Å². The first-order chi connectivity index (χ1) is 20.3. The van der Waals surface area contributed by atoms with Gasteiger partial charge in [-0.25, -0.2) is 4.79 Å². The Kier molecular flexibility index (Phi) is 25.5. The van der Waals surface area contributed by atoms with Crippen molar-refractivity contribution < 1.29 is 30.0 Å². The first-order valence-corrected chi connectivity index (χ1v) is 16.3. The number of aromatic carboxylic acids is 2. The molecular formula is C36H54CaO6. The number of aromatic hydroxyl groups is 1. The summed E-state index contributed by atoms with van der Waals surface area (Å²) in [4.78, 5) is 21.7. The minimum atomic E-state index is -1.28. The number of carboxylic acids is 2. The number of phenolic OH excluding ortho intramolecular Hbond substituents is 1. The molecule has 0 radical (unpaired) electrons. The van der Waals surface area contributed by atoms with Gasteiger partial charge in [-0.1, -0.05) is 129 Å². The van der Waals surface area contributed by atoms with Crippen LogP contribution in [0.4, 0.5) is 0 Å². The summed E-state index contributed by atoms with van der Waals surface area (Å²) in [7, 11) is 0. The first kappa shape index (κ1) is 41.2. The van der Waals surface area contributed by atoms with E-state index in [1.165, 1.54) is 108 Å². The van der Waals surface area contributed by atoms with Crippen molar-refractivity contribution in [3.8, 4) is 11.5 Å². The minimum absolute atomic E-state index is 0. The third kappa shape index (κ3) is 21.6. The molecule has 0 aliphatic carbocycles. The van der Waals surface area contributed by atoms with Gasteiger partial charge in [0.05, 0.1) is 11.5 Å². The molecule has 0 saturated carbocycles. The standard InChI is InChI=1S/2C18H28O3.Ca/c2*1-2-3-4-5-6-7-8-9-10-11-15-12-16(18(20)21)14-17(19)13-15;/h2*12-14,19H,2-11H2,1H3,(H,20,21);/q;;+2/p-2. The summed E-state index contributed by atoms with van der Waals surface area (Å²) in [5.41, 5.74) is 1.88. The van der Waals surface area contributed by atoms with E-state index in [0.29, 0.717) is 0 Å². The van der Waals surface area contributed by atoms with E-state index in [-0.39, 0.29) is 60.4 Å². The molecule has 0 bridgehead atoms. The summed E-state index contributed by atoms with van der Waals surface area (Å²) in [6.07, 6.45) is 24.3. The second-order valence-electron chi connectivity index (χ2n) is 11.5. The Balaban J connectivity index is 0.000000802. The van der Waals surface area contributed by atoms with Crippen molar-refractivity contribution in [3.63, 3.8) is 0 Å². The molecule has 236 valence electrons. The molecule has 0 amide bonds. The fourth-order valence-electron chi connectivity index (χ4n) is 5.14. The number of carbonyl (C=O) groups is 2. The van der Waals surface area contributed by atoms with Crippen molar-refractivity contribution in [3.05, 3.63) is 58.7 Å². The van der Waals surface area contributed by atoms with E-state index < -0.39 is 11.9 Å². The normalized spacial score (nSPS) is 10.5. The predicted molar refractivity (Wildman–Crippen MR) is 173 cm³/mol. The molecule has 2 aromatic carbocycles. The van der Waals surface area contributed by atoms with Crippen LogP contribution < -0.4 is 10.2 Å². The molecule has 0 saturated heterocycles. The Morgan fingerprint density at radius 2 is 0.977 bits per heavy atom. The number of hydrogen-bond acceptors (Lipinski definition) is 5. The van der Waals surface area contributed by atoms with Crippen LogP contribution in [0.1, 0.15) is 161 Å². The van der Waals surface area contributed by atoms with E-state index in [1.807, 2.05) is 0 Å². The van der Waals surface area contributed by atoms with Crippen LogP contribution in [0.5, 0.6) is 11.5 Å². The quantitative estimate of drug-likeness (QED) is 0.101. The third-order valence-electron chi connectivity index (χ3n) is 7.56.